The highest BCUT2D eigenvalue weighted by Gasteiger charge is 2.09. The van der Waals surface area contributed by atoms with Crippen LogP contribution in [0.3, 0.4) is 0 Å². The van der Waals surface area contributed by atoms with Crippen molar-refractivity contribution in [3.05, 3.63) is 56.7 Å². The lowest BCUT2D eigenvalue weighted by Gasteiger charge is -2.07. The first-order chi connectivity index (χ1) is 8.56. The smallest absolute Gasteiger partial charge is 0.257 e. The summed E-state index contributed by atoms with van der Waals surface area (Å²) in [6, 6.07) is 8.31. The lowest BCUT2D eigenvalue weighted by Crippen LogP contribution is -2.12. The number of hydrogen-bond donors (Lipinski definition) is 1. The zero-order chi connectivity index (χ0) is 13.1. The molecule has 2 rings (SSSR count). The molecular formula is C12H7BrCl2N2O. The predicted molar refractivity (Wildman–Crippen MR) is 76.4 cm³/mol. The number of rotatable bonds is 2. The zero-order valence-corrected chi connectivity index (χ0v) is 12.1. The van der Waals surface area contributed by atoms with Crippen molar-refractivity contribution in [2.45, 2.75) is 0 Å². The van der Waals surface area contributed by atoms with Crippen molar-refractivity contribution in [2.75, 3.05) is 5.32 Å². The summed E-state index contributed by atoms with van der Waals surface area (Å²) in [7, 11) is 0. The third-order valence-corrected chi connectivity index (χ3v) is 3.32. The molecule has 6 heteroatoms. The molecule has 0 radical (unpaired) electrons. The molecule has 1 aromatic carbocycles. The lowest BCUT2D eigenvalue weighted by atomic mass is 10.2. The monoisotopic (exact) mass is 344 g/mol. The van der Waals surface area contributed by atoms with Crippen molar-refractivity contribution in [1.29, 1.82) is 0 Å². The van der Waals surface area contributed by atoms with E-state index >= 15 is 0 Å². The lowest BCUT2D eigenvalue weighted by molar-refractivity contribution is 0.102. The quantitative estimate of drug-likeness (QED) is 0.819. The first kappa shape index (κ1) is 13.3. The molecule has 0 unspecified atom stereocenters. The van der Waals surface area contributed by atoms with Gasteiger partial charge in [0, 0.05) is 15.7 Å². The number of pyridine rings is 1. The van der Waals surface area contributed by atoms with E-state index in [2.05, 4.69) is 26.2 Å². The molecule has 0 aliphatic heterocycles. The van der Waals surface area contributed by atoms with E-state index in [0.717, 1.165) is 4.47 Å². The molecule has 0 fully saturated rings. The molecule has 1 heterocycles. The van der Waals surface area contributed by atoms with Crippen LogP contribution in [0.2, 0.25) is 10.2 Å². The second kappa shape index (κ2) is 5.69. The maximum absolute atomic E-state index is 11.9. The number of aromatic nitrogens is 1. The van der Waals surface area contributed by atoms with Crippen LogP contribution in [0, 0.1) is 0 Å². The highest BCUT2D eigenvalue weighted by Crippen LogP contribution is 2.26. The molecule has 18 heavy (non-hydrogen) atoms. The normalized spacial score (nSPS) is 10.2. The van der Waals surface area contributed by atoms with Crippen LogP contribution in [0.1, 0.15) is 10.4 Å². The van der Waals surface area contributed by atoms with Crippen molar-refractivity contribution >= 4 is 50.7 Å². The van der Waals surface area contributed by atoms with Gasteiger partial charge in [-0.2, -0.15) is 0 Å². The Kier molecular flexibility index (Phi) is 4.22. The number of amides is 1. The van der Waals surface area contributed by atoms with E-state index in [4.69, 9.17) is 23.2 Å². The standard InChI is InChI=1S/C12H7BrCl2N2O/c13-9-3-2-8(14)5-10(9)17-12(18)7-1-4-11(15)16-6-7/h1-6H,(H,17,18). The van der Waals surface area contributed by atoms with Crippen LogP contribution in [0.5, 0.6) is 0 Å². The van der Waals surface area contributed by atoms with E-state index in [1.54, 1.807) is 30.3 Å². The summed E-state index contributed by atoms with van der Waals surface area (Å²) in [6.45, 7) is 0. The van der Waals surface area contributed by atoms with E-state index in [0.29, 0.717) is 21.4 Å². The topological polar surface area (TPSA) is 42.0 Å². The Morgan fingerprint density at radius 2 is 2.00 bits per heavy atom. The summed E-state index contributed by atoms with van der Waals surface area (Å²) in [5.74, 6) is -0.276. The summed E-state index contributed by atoms with van der Waals surface area (Å²) < 4.78 is 0.752. The molecule has 0 saturated heterocycles. The molecule has 3 nitrogen and oxygen atoms in total. The minimum Gasteiger partial charge on any atom is -0.321 e. The summed E-state index contributed by atoms with van der Waals surface area (Å²) in [6.07, 6.45) is 1.41. The molecule has 2 aromatic rings. The third kappa shape index (κ3) is 3.22. The van der Waals surface area contributed by atoms with Gasteiger partial charge in [-0.25, -0.2) is 4.98 Å². The molecule has 1 N–H and O–H groups in total. The molecule has 0 aliphatic carbocycles. The number of hydrogen-bond acceptors (Lipinski definition) is 2. The van der Waals surface area contributed by atoms with Gasteiger partial charge in [-0.1, -0.05) is 23.2 Å². The summed E-state index contributed by atoms with van der Waals surface area (Å²) in [5, 5.41) is 3.62. The van der Waals surface area contributed by atoms with Crippen molar-refractivity contribution in [3.63, 3.8) is 0 Å². The van der Waals surface area contributed by atoms with Gasteiger partial charge in [0.05, 0.1) is 11.3 Å². The first-order valence-corrected chi connectivity index (χ1v) is 6.49. The Morgan fingerprint density at radius 3 is 2.67 bits per heavy atom. The maximum Gasteiger partial charge on any atom is 0.257 e. The van der Waals surface area contributed by atoms with E-state index in [1.807, 2.05) is 0 Å². The Labute approximate surface area is 122 Å². The average Bonchev–Trinajstić information content (AvgIpc) is 2.34. The number of benzene rings is 1. The van der Waals surface area contributed by atoms with Crippen molar-refractivity contribution in [3.8, 4) is 0 Å². The van der Waals surface area contributed by atoms with Gasteiger partial charge in [0.1, 0.15) is 5.15 Å². The van der Waals surface area contributed by atoms with E-state index in [-0.39, 0.29) is 5.91 Å². The number of carbonyl (C=O) groups is 1. The molecule has 92 valence electrons. The second-order valence-electron chi connectivity index (χ2n) is 3.45. The number of anilines is 1. The van der Waals surface area contributed by atoms with Crippen molar-refractivity contribution in [2.24, 2.45) is 0 Å². The fourth-order valence-electron chi connectivity index (χ4n) is 1.30. The van der Waals surface area contributed by atoms with Crippen LogP contribution in [0.15, 0.2) is 41.0 Å². The minimum absolute atomic E-state index is 0.276. The highest BCUT2D eigenvalue weighted by atomic mass is 79.9. The Morgan fingerprint density at radius 1 is 1.22 bits per heavy atom. The van der Waals surface area contributed by atoms with E-state index in [9.17, 15) is 4.79 Å². The van der Waals surface area contributed by atoms with Gasteiger partial charge >= 0.3 is 0 Å². The SMILES string of the molecule is O=C(Nc1cc(Cl)ccc1Br)c1ccc(Cl)nc1. The van der Waals surface area contributed by atoms with Gasteiger partial charge < -0.3 is 5.32 Å². The third-order valence-electron chi connectivity index (χ3n) is 2.17. The molecule has 0 atom stereocenters. The number of halogens is 3. The van der Waals surface area contributed by atoms with Gasteiger partial charge in [-0.05, 0) is 46.3 Å². The number of nitrogens with zero attached hydrogens (tertiary/aromatic N) is 1. The van der Waals surface area contributed by atoms with Gasteiger partial charge in [0.2, 0.25) is 0 Å². The Bertz CT molecular complexity index is 587. The summed E-state index contributed by atoms with van der Waals surface area (Å²) >= 11 is 14.9. The molecule has 1 amide bonds. The molecule has 0 bridgehead atoms. The van der Waals surface area contributed by atoms with Crippen LogP contribution in [0.25, 0.3) is 0 Å². The van der Waals surface area contributed by atoms with Crippen LogP contribution in [-0.4, -0.2) is 10.9 Å². The molecule has 0 aliphatic rings. The fraction of sp³-hybridized carbons (Fsp3) is 0. The minimum atomic E-state index is -0.276. The average molecular weight is 346 g/mol. The van der Waals surface area contributed by atoms with Crippen LogP contribution >= 0.6 is 39.1 Å². The van der Waals surface area contributed by atoms with Crippen LogP contribution in [-0.2, 0) is 0 Å². The zero-order valence-electron chi connectivity index (χ0n) is 8.95. The predicted octanol–water partition coefficient (Wildman–Crippen LogP) is 4.40. The molecule has 0 spiro atoms. The van der Waals surface area contributed by atoms with Gasteiger partial charge in [-0.3, -0.25) is 4.79 Å². The maximum atomic E-state index is 11.9. The summed E-state index contributed by atoms with van der Waals surface area (Å²) in [4.78, 5) is 15.8. The van der Waals surface area contributed by atoms with E-state index < -0.39 is 0 Å². The Hall–Kier alpha value is -1.10. The Balaban J connectivity index is 2.21. The van der Waals surface area contributed by atoms with Gasteiger partial charge in [0.25, 0.3) is 5.91 Å². The van der Waals surface area contributed by atoms with Gasteiger partial charge in [-0.15, -0.1) is 0 Å². The van der Waals surface area contributed by atoms with Crippen LogP contribution in [0.4, 0.5) is 5.69 Å². The van der Waals surface area contributed by atoms with Crippen molar-refractivity contribution in [1.82, 2.24) is 4.98 Å². The van der Waals surface area contributed by atoms with E-state index in [1.165, 1.54) is 6.20 Å². The summed E-state index contributed by atoms with van der Waals surface area (Å²) in [5.41, 5.74) is 1.02. The van der Waals surface area contributed by atoms with Crippen molar-refractivity contribution < 1.29 is 4.79 Å². The van der Waals surface area contributed by atoms with Crippen LogP contribution < -0.4 is 5.32 Å². The second-order valence-corrected chi connectivity index (χ2v) is 5.13. The molecule has 0 saturated carbocycles. The number of nitrogens with one attached hydrogen (secondary N) is 1. The van der Waals surface area contributed by atoms with Gasteiger partial charge in [0.15, 0.2) is 0 Å². The first-order valence-electron chi connectivity index (χ1n) is 4.94. The molecule has 1 aromatic heterocycles. The highest BCUT2D eigenvalue weighted by molar-refractivity contribution is 9.10. The number of carbonyl (C=O) groups excluding carboxylic acids is 1. The molecular weight excluding hydrogens is 339 g/mol. The largest absolute Gasteiger partial charge is 0.321 e. The fourth-order valence-corrected chi connectivity index (χ4v) is 1.93.